The predicted molar refractivity (Wildman–Crippen MR) is 92.3 cm³/mol. The number of piperidine rings is 2. The van der Waals surface area contributed by atoms with E-state index in [-0.39, 0.29) is 11.3 Å². The lowest BCUT2D eigenvalue weighted by atomic mass is 9.73. The monoisotopic (exact) mass is 343 g/mol. The molecule has 134 valence electrons. The Hall–Kier alpha value is -2.11. The number of amides is 2. The summed E-state index contributed by atoms with van der Waals surface area (Å²) in [6, 6.07) is 3.90. The third kappa shape index (κ3) is 3.22. The minimum atomic E-state index is 0.0367. The fourth-order valence-electron chi connectivity index (χ4n) is 4.31. The zero-order valence-electron chi connectivity index (χ0n) is 14.7. The molecule has 0 N–H and O–H groups in total. The van der Waals surface area contributed by atoms with Crippen LogP contribution < -0.4 is 4.74 Å². The minimum Gasteiger partial charge on any atom is -0.481 e. The summed E-state index contributed by atoms with van der Waals surface area (Å²) in [7, 11) is 1.55. The average molecular weight is 343 g/mol. The van der Waals surface area contributed by atoms with Crippen LogP contribution in [0, 0.1) is 5.41 Å². The van der Waals surface area contributed by atoms with Crippen molar-refractivity contribution in [3.05, 3.63) is 23.9 Å². The maximum absolute atomic E-state index is 12.9. The molecule has 6 heteroatoms. The smallest absolute Gasteiger partial charge is 0.254 e. The number of hydrogen-bond donors (Lipinski definition) is 0. The highest BCUT2D eigenvalue weighted by Gasteiger charge is 2.46. The van der Waals surface area contributed by atoms with Crippen LogP contribution >= 0.6 is 0 Å². The van der Waals surface area contributed by atoms with Crippen molar-refractivity contribution in [1.29, 1.82) is 0 Å². The summed E-state index contributed by atoms with van der Waals surface area (Å²) in [5.41, 5.74) is 0.691. The molecule has 1 aliphatic carbocycles. The molecule has 0 bridgehead atoms. The van der Waals surface area contributed by atoms with Gasteiger partial charge in [-0.2, -0.15) is 0 Å². The number of pyridine rings is 1. The van der Waals surface area contributed by atoms with E-state index < -0.39 is 0 Å². The number of methoxy groups -OCH3 is 1. The second kappa shape index (κ2) is 6.32. The van der Waals surface area contributed by atoms with E-state index in [2.05, 4.69) is 9.88 Å². The number of carbonyl (C=O) groups is 2. The third-order valence-electron chi connectivity index (χ3n) is 5.82. The van der Waals surface area contributed by atoms with Gasteiger partial charge in [0.25, 0.3) is 5.91 Å². The Balaban J connectivity index is 1.50. The van der Waals surface area contributed by atoms with Crippen molar-refractivity contribution in [2.75, 3.05) is 26.7 Å². The minimum absolute atomic E-state index is 0.0367. The van der Waals surface area contributed by atoms with Crippen LogP contribution in [0.4, 0.5) is 0 Å². The van der Waals surface area contributed by atoms with E-state index in [1.54, 1.807) is 25.4 Å². The van der Waals surface area contributed by atoms with Gasteiger partial charge in [0, 0.05) is 55.3 Å². The predicted octanol–water partition coefficient (Wildman–Crippen LogP) is 2.10. The van der Waals surface area contributed by atoms with Crippen molar-refractivity contribution < 1.29 is 14.3 Å². The molecule has 1 atom stereocenters. The summed E-state index contributed by atoms with van der Waals surface area (Å²) in [4.78, 5) is 33.3. The van der Waals surface area contributed by atoms with E-state index in [0.29, 0.717) is 29.8 Å². The number of aromatic nitrogens is 1. The van der Waals surface area contributed by atoms with Gasteiger partial charge in [0.1, 0.15) is 0 Å². The highest BCUT2D eigenvalue weighted by molar-refractivity contribution is 5.94. The molecule has 2 aliphatic heterocycles. The lowest BCUT2D eigenvalue weighted by Crippen LogP contribution is -2.55. The van der Waals surface area contributed by atoms with Gasteiger partial charge in [-0.15, -0.1) is 0 Å². The molecule has 25 heavy (non-hydrogen) atoms. The van der Waals surface area contributed by atoms with Crippen molar-refractivity contribution in [3.8, 4) is 5.88 Å². The lowest BCUT2D eigenvalue weighted by Gasteiger charge is -2.48. The largest absolute Gasteiger partial charge is 0.481 e. The van der Waals surface area contributed by atoms with Gasteiger partial charge in [-0.3, -0.25) is 9.59 Å². The van der Waals surface area contributed by atoms with Gasteiger partial charge in [0.2, 0.25) is 11.8 Å². The zero-order chi connectivity index (χ0) is 17.4. The summed E-state index contributed by atoms with van der Waals surface area (Å²) in [5.74, 6) is 0.797. The molecule has 0 aromatic carbocycles. The van der Waals surface area contributed by atoms with Gasteiger partial charge in [0.15, 0.2) is 0 Å². The maximum atomic E-state index is 12.9. The molecule has 1 saturated carbocycles. The first-order valence-electron chi connectivity index (χ1n) is 9.19. The second-order valence-electron chi connectivity index (χ2n) is 7.67. The molecule has 1 spiro atoms. The van der Waals surface area contributed by atoms with Crippen LogP contribution in [0.2, 0.25) is 0 Å². The molecule has 0 radical (unpaired) electrons. The van der Waals surface area contributed by atoms with Crippen LogP contribution in [0.1, 0.15) is 48.9 Å². The molecular weight excluding hydrogens is 318 g/mol. The SMILES string of the molecule is COc1cc(C(=O)N2CCC[C@]3(CCC(=O)N(C4CC4)C3)C2)ccn1. The normalized spacial score (nSPS) is 26.8. The van der Waals surface area contributed by atoms with Gasteiger partial charge in [0.05, 0.1) is 7.11 Å². The van der Waals surface area contributed by atoms with Crippen molar-refractivity contribution in [3.63, 3.8) is 0 Å². The first-order chi connectivity index (χ1) is 12.1. The third-order valence-corrected chi connectivity index (χ3v) is 5.82. The topological polar surface area (TPSA) is 62.7 Å². The summed E-state index contributed by atoms with van der Waals surface area (Å²) < 4.78 is 5.14. The van der Waals surface area contributed by atoms with Gasteiger partial charge in [-0.1, -0.05) is 0 Å². The number of nitrogens with zero attached hydrogens (tertiary/aromatic N) is 3. The van der Waals surface area contributed by atoms with Crippen molar-refractivity contribution >= 4 is 11.8 Å². The van der Waals surface area contributed by atoms with Crippen LogP contribution in [0.3, 0.4) is 0 Å². The molecule has 3 heterocycles. The van der Waals surface area contributed by atoms with E-state index in [4.69, 9.17) is 4.74 Å². The molecule has 6 nitrogen and oxygen atoms in total. The van der Waals surface area contributed by atoms with E-state index >= 15 is 0 Å². The van der Waals surface area contributed by atoms with Crippen molar-refractivity contribution in [2.45, 2.75) is 44.6 Å². The van der Waals surface area contributed by atoms with Gasteiger partial charge in [-0.25, -0.2) is 4.98 Å². The Bertz CT molecular complexity index is 688. The highest BCUT2D eigenvalue weighted by Crippen LogP contribution is 2.42. The summed E-state index contributed by atoms with van der Waals surface area (Å²) in [6.45, 7) is 2.34. The molecule has 2 amide bonds. The van der Waals surface area contributed by atoms with Crippen LogP contribution in [-0.4, -0.2) is 59.4 Å². The molecule has 2 saturated heterocycles. The number of carbonyl (C=O) groups excluding carboxylic acids is 2. The van der Waals surface area contributed by atoms with Crippen molar-refractivity contribution in [2.24, 2.45) is 5.41 Å². The summed E-state index contributed by atoms with van der Waals surface area (Å²) in [5, 5.41) is 0. The fourth-order valence-corrected chi connectivity index (χ4v) is 4.31. The van der Waals surface area contributed by atoms with Crippen LogP contribution in [0.25, 0.3) is 0 Å². The maximum Gasteiger partial charge on any atom is 0.254 e. The van der Waals surface area contributed by atoms with Crippen molar-refractivity contribution in [1.82, 2.24) is 14.8 Å². The first-order valence-corrected chi connectivity index (χ1v) is 9.19. The van der Waals surface area contributed by atoms with Crippen LogP contribution in [0.5, 0.6) is 5.88 Å². The second-order valence-corrected chi connectivity index (χ2v) is 7.67. The van der Waals surface area contributed by atoms with E-state index in [0.717, 1.165) is 51.7 Å². The van der Waals surface area contributed by atoms with E-state index in [1.165, 1.54) is 0 Å². The van der Waals surface area contributed by atoms with E-state index in [9.17, 15) is 9.59 Å². The molecule has 1 aromatic rings. The average Bonchev–Trinajstić information content (AvgIpc) is 3.49. The summed E-state index contributed by atoms with van der Waals surface area (Å²) in [6.07, 6.45) is 7.52. The zero-order valence-corrected chi connectivity index (χ0v) is 14.7. The summed E-state index contributed by atoms with van der Waals surface area (Å²) >= 11 is 0. The fraction of sp³-hybridized carbons (Fsp3) is 0.632. The Kier molecular flexibility index (Phi) is 4.13. The molecule has 4 rings (SSSR count). The Morgan fingerprint density at radius 2 is 2.16 bits per heavy atom. The highest BCUT2D eigenvalue weighted by atomic mass is 16.5. The Morgan fingerprint density at radius 1 is 1.32 bits per heavy atom. The lowest BCUT2D eigenvalue weighted by molar-refractivity contribution is -0.139. The Morgan fingerprint density at radius 3 is 2.92 bits per heavy atom. The van der Waals surface area contributed by atoms with Crippen LogP contribution in [0.15, 0.2) is 18.3 Å². The van der Waals surface area contributed by atoms with Gasteiger partial charge < -0.3 is 14.5 Å². The molecule has 3 fully saturated rings. The number of ether oxygens (including phenoxy) is 1. The molecular formula is C19H25N3O3. The molecule has 0 unspecified atom stereocenters. The Labute approximate surface area is 148 Å². The standard InChI is InChI=1S/C19H25N3O3/c1-25-16-11-14(6-9-20-16)18(24)21-10-2-7-19(12-21)8-5-17(23)22(13-19)15-3-4-15/h6,9,11,15H,2-5,7-8,10,12-13H2,1H3/t19-/m0/s1. The number of likely N-dealkylation sites (tertiary alicyclic amines) is 2. The quantitative estimate of drug-likeness (QED) is 0.843. The number of rotatable bonds is 3. The molecule has 3 aliphatic rings. The first kappa shape index (κ1) is 16.4. The number of hydrogen-bond acceptors (Lipinski definition) is 4. The van der Waals surface area contributed by atoms with E-state index in [1.807, 2.05) is 4.90 Å². The van der Waals surface area contributed by atoms with Crippen LogP contribution in [-0.2, 0) is 4.79 Å². The molecule has 1 aromatic heterocycles. The van der Waals surface area contributed by atoms with Gasteiger partial charge in [-0.05, 0) is 38.2 Å². The van der Waals surface area contributed by atoms with Gasteiger partial charge >= 0.3 is 0 Å².